The molecule has 0 radical (unpaired) electrons. The van der Waals surface area contributed by atoms with E-state index in [4.69, 9.17) is 4.74 Å². The zero-order valence-corrected chi connectivity index (χ0v) is 18.9. The third kappa shape index (κ3) is 5.18. The van der Waals surface area contributed by atoms with E-state index in [2.05, 4.69) is 34.9 Å². The predicted octanol–water partition coefficient (Wildman–Crippen LogP) is 3.92. The summed E-state index contributed by atoms with van der Waals surface area (Å²) in [5.41, 5.74) is 4.57. The summed E-state index contributed by atoms with van der Waals surface area (Å²) in [4.78, 5) is 36.5. The Labute approximate surface area is 193 Å². The van der Waals surface area contributed by atoms with E-state index in [-0.39, 0.29) is 36.7 Å². The molecular formula is C26H30N2O5. The Morgan fingerprint density at radius 3 is 2.06 bits per heavy atom. The summed E-state index contributed by atoms with van der Waals surface area (Å²) in [6.45, 7) is 3.99. The summed E-state index contributed by atoms with van der Waals surface area (Å²) in [6.07, 6.45) is 1.03. The van der Waals surface area contributed by atoms with Gasteiger partial charge in [-0.2, -0.15) is 0 Å². The van der Waals surface area contributed by atoms with Crippen molar-refractivity contribution in [2.45, 2.75) is 51.1 Å². The fraction of sp³-hybridized carbons (Fsp3) is 0.423. The molecule has 0 aliphatic heterocycles. The number of carbonyl (C=O) groups excluding carboxylic acids is 2. The van der Waals surface area contributed by atoms with Gasteiger partial charge in [0, 0.05) is 18.4 Å². The quantitative estimate of drug-likeness (QED) is 0.537. The Morgan fingerprint density at radius 2 is 1.55 bits per heavy atom. The topological polar surface area (TPSA) is 105 Å². The number of aliphatic carboxylic acids is 1. The van der Waals surface area contributed by atoms with Crippen molar-refractivity contribution in [3.63, 3.8) is 0 Å². The summed E-state index contributed by atoms with van der Waals surface area (Å²) < 4.78 is 5.59. The molecule has 33 heavy (non-hydrogen) atoms. The van der Waals surface area contributed by atoms with Crippen molar-refractivity contribution in [1.82, 2.24) is 10.6 Å². The number of carboxylic acids is 1. The van der Waals surface area contributed by atoms with E-state index in [0.29, 0.717) is 0 Å². The first kappa shape index (κ1) is 22.8. The molecule has 2 amide bonds. The third-order valence-corrected chi connectivity index (χ3v) is 6.53. The highest BCUT2D eigenvalue weighted by atomic mass is 16.5. The van der Waals surface area contributed by atoms with Crippen molar-refractivity contribution in [3.05, 3.63) is 59.7 Å². The van der Waals surface area contributed by atoms with Crippen LogP contribution < -0.4 is 10.6 Å². The minimum absolute atomic E-state index is 0.000888. The number of benzene rings is 2. The second-order valence-corrected chi connectivity index (χ2v) is 9.25. The molecule has 7 heteroatoms. The average Bonchev–Trinajstić information content (AvgIpc) is 3.58. The summed E-state index contributed by atoms with van der Waals surface area (Å²) in [7, 11) is 0. The zero-order valence-electron chi connectivity index (χ0n) is 18.9. The van der Waals surface area contributed by atoms with Crippen LogP contribution >= 0.6 is 0 Å². The highest BCUT2D eigenvalue weighted by molar-refractivity contribution is 5.84. The lowest BCUT2D eigenvalue weighted by Gasteiger charge is -2.23. The van der Waals surface area contributed by atoms with Crippen molar-refractivity contribution in [1.29, 1.82) is 0 Å². The van der Waals surface area contributed by atoms with Crippen LogP contribution in [0, 0.1) is 11.8 Å². The summed E-state index contributed by atoms with van der Waals surface area (Å²) in [5, 5.41) is 14.7. The number of rotatable bonds is 9. The fourth-order valence-corrected chi connectivity index (χ4v) is 4.49. The Hall–Kier alpha value is -3.35. The predicted molar refractivity (Wildman–Crippen MR) is 124 cm³/mol. The van der Waals surface area contributed by atoms with Crippen LogP contribution in [0.25, 0.3) is 11.1 Å². The van der Waals surface area contributed by atoms with Crippen molar-refractivity contribution >= 4 is 18.0 Å². The van der Waals surface area contributed by atoms with E-state index in [1.807, 2.05) is 38.1 Å². The SMILES string of the molecule is CC(C)[C@@H](CC(=O)NC(C(=O)O)C1CC1)NC(=O)OCC1c2ccccc2-c2ccccc21. The maximum absolute atomic E-state index is 12.6. The molecule has 0 heterocycles. The van der Waals surface area contributed by atoms with E-state index < -0.39 is 24.1 Å². The first-order valence-corrected chi connectivity index (χ1v) is 11.5. The first-order valence-electron chi connectivity index (χ1n) is 11.5. The summed E-state index contributed by atoms with van der Waals surface area (Å²) >= 11 is 0. The van der Waals surface area contributed by atoms with Crippen molar-refractivity contribution < 1.29 is 24.2 Å². The Balaban J connectivity index is 1.35. The molecule has 2 aliphatic rings. The number of amides is 2. The minimum Gasteiger partial charge on any atom is -0.480 e. The van der Waals surface area contributed by atoms with Crippen LogP contribution in [0.1, 0.15) is 50.2 Å². The number of fused-ring (bicyclic) bond motifs is 3. The number of hydrogen-bond acceptors (Lipinski definition) is 4. The molecule has 7 nitrogen and oxygen atoms in total. The Morgan fingerprint density at radius 1 is 0.970 bits per heavy atom. The molecule has 0 spiro atoms. The van der Waals surface area contributed by atoms with Gasteiger partial charge in [-0.05, 0) is 46.9 Å². The van der Waals surface area contributed by atoms with Gasteiger partial charge in [-0.3, -0.25) is 4.79 Å². The van der Waals surface area contributed by atoms with Gasteiger partial charge in [-0.15, -0.1) is 0 Å². The van der Waals surface area contributed by atoms with Crippen molar-refractivity contribution in [3.8, 4) is 11.1 Å². The molecular weight excluding hydrogens is 420 g/mol. The second-order valence-electron chi connectivity index (χ2n) is 9.25. The van der Waals surface area contributed by atoms with Crippen LogP contribution in [0.5, 0.6) is 0 Å². The summed E-state index contributed by atoms with van der Waals surface area (Å²) in [5.74, 6) is -1.47. The van der Waals surface area contributed by atoms with Gasteiger partial charge >= 0.3 is 12.1 Å². The van der Waals surface area contributed by atoms with Crippen molar-refractivity contribution in [2.75, 3.05) is 6.61 Å². The molecule has 2 aromatic rings. The smallest absolute Gasteiger partial charge is 0.407 e. The zero-order chi connectivity index (χ0) is 23.5. The van der Waals surface area contributed by atoms with Gasteiger partial charge in [0.05, 0.1) is 0 Å². The molecule has 0 saturated heterocycles. The fourth-order valence-electron chi connectivity index (χ4n) is 4.49. The molecule has 4 rings (SSSR count). The van der Waals surface area contributed by atoms with E-state index in [0.717, 1.165) is 35.1 Å². The molecule has 1 fully saturated rings. The number of hydrogen-bond donors (Lipinski definition) is 3. The van der Waals surface area contributed by atoms with Crippen molar-refractivity contribution in [2.24, 2.45) is 11.8 Å². The van der Waals surface area contributed by atoms with Crippen LogP contribution in [0.2, 0.25) is 0 Å². The van der Waals surface area contributed by atoms with Gasteiger partial charge in [0.1, 0.15) is 12.6 Å². The normalized spacial score (nSPS) is 16.5. The molecule has 1 saturated carbocycles. The van der Waals surface area contributed by atoms with Crippen LogP contribution in [0.3, 0.4) is 0 Å². The number of carboxylic acid groups (broad SMARTS) is 1. The molecule has 2 atom stereocenters. The minimum atomic E-state index is -1.02. The molecule has 3 N–H and O–H groups in total. The standard InChI is InChI=1S/C26H30N2O5/c1-15(2)22(13-23(29)28-24(25(30)31)16-11-12-16)27-26(32)33-14-21-19-9-5-3-7-17(19)18-8-4-6-10-20(18)21/h3-10,15-16,21-22,24H,11-14H2,1-2H3,(H,27,32)(H,28,29)(H,30,31)/t22-,24?/m1/s1. The number of carbonyl (C=O) groups is 3. The lowest BCUT2D eigenvalue weighted by molar-refractivity contribution is -0.142. The molecule has 0 aromatic heterocycles. The largest absolute Gasteiger partial charge is 0.480 e. The van der Waals surface area contributed by atoms with Gasteiger partial charge in [0.2, 0.25) is 5.91 Å². The molecule has 2 aromatic carbocycles. The number of nitrogens with one attached hydrogen (secondary N) is 2. The van der Waals surface area contributed by atoms with Crippen LogP contribution in [-0.2, 0) is 14.3 Å². The highest BCUT2D eigenvalue weighted by Gasteiger charge is 2.37. The van der Waals surface area contributed by atoms with Crippen LogP contribution in [0.4, 0.5) is 4.79 Å². The van der Waals surface area contributed by atoms with Gasteiger partial charge in [0.15, 0.2) is 0 Å². The Kier molecular flexibility index (Phi) is 6.67. The monoisotopic (exact) mass is 450 g/mol. The highest BCUT2D eigenvalue weighted by Crippen LogP contribution is 2.44. The Bertz CT molecular complexity index is 1000. The summed E-state index contributed by atoms with van der Waals surface area (Å²) in [6, 6.07) is 14.9. The maximum atomic E-state index is 12.6. The first-order chi connectivity index (χ1) is 15.8. The van der Waals surface area contributed by atoms with Crippen LogP contribution in [-0.4, -0.2) is 41.8 Å². The average molecular weight is 451 g/mol. The molecule has 174 valence electrons. The number of alkyl carbamates (subject to hydrolysis) is 1. The van der Waals surface area contributed by atoms with E-state index >= 15 is 0 Å². The van der Waals surface area contributed by atoms with Gasteiger partial charge in [0.25, 0.3) is 0 Å². The lowest BCUT2D eigenvalue weighted by atomic mass is 9.98. The third-order valence-electron chi connectivity index (χ3n) is 6.53. The van der Waals surface area contributed by atoms with E-state index in [1.165, 1.54) is 0 Å². The molecule has 2 aliphatic carbocycles. The van der Waals surface area contributed by atoms with Gasteiger partial charge < -0.3 is 20.5 Å². The lowest BCUT2D eigenvalue weighted by Crippen LogP contribution is -2.47. The van der Waals surface area contributed by atoms with Crippen LogP contribution in [0.15, 0.2) is 48.5 Å². The van der Waals surface area contributed by atoms with Gasteiger partial charge in [-0.25, -0.2) is 9.59 Å². The maximum Gasteiger partial charge on any atom is 0.407 e. The molecule has 1 unspecified atom stereocenters. The second kappa shape index (κ2) is 9.65. The van der Waals surface area contributed by atoms with Gasteiger partial charge in [-0.1, -0.05) is 62.4 Å². The van der Waals surface area contributed by atoms with E-state index in [9.17, 15) is 19.5 Å². The number of ether oxygens (including phenoxy) is 1. The molecule has 0 bridgehead atoms. The van der Waals surface area contributed by atoms with E-state index in [1.54, 1.807) is 0 Å².